The lowest BCUT2D eigenvalue weighted by molar-refractivity contribution is -0.135. The van der Waals surface area contributed by atoms with Crippen LogP contribution in [-0.2, 0) is 19.6 Å². The van der Waals surface area contributed by atoms with E-state index in [1.807, 2.05) is 0 Å². The van der Waals surface area contributed by atoms with Gasteiger partial charge in [-0.2, -0.15) is 0 Å². The zero-order chi connectivity index (χ0) is 16.3. The molecule has 118 valence electrons. The molecule has 0 unspecified atom stereocenters. The molecule has 1 N–H and O–H groups in total. The van der Waals surface area contributed by atoms with E-state index >= 15 is 0 Å². The van der Waals surface area contributed by atoms with E-state index < -0.39 is 16.0 Å². The molecular weight excluding hydrogens is 316 g/mol. The third-order valence-corrected chi connectivity index (χ3v) is 4.74. The molecule has 2 aromatic rings. The van der Waals surface area contributed by atoms with Crippen LogP contribution in [0.3, 0.4) is 0 Å². The van der Waals surface area contributed by atoms with E-state index in [1.165, 1.54) is 18.3 Å². The lowest BCUT2D eigenvalue weighted by atomic mass is 10.1. The van der Waals surface area contributed by atoms with Crippen LogP contribution in [0.2, 0.25) is 0 Å². The lowest BCUT2D eigenvalue weighted by Gasteiger charge is -2.13. The summed E-state index contributed by atoms with van der Waals surface area (Å²) in [4.78, 5) is 16.0. The van der Waals surface area contributed by atoms with Crippen molar-refractivity contribution < 1.29 is 17.9 Å². The minimum absolute atomic E-state index is 0.119. The first-order valence-corrected chi connectivity index (χ1v) is 8.45. The van der Waals surface area contributed by atoms with Crippen LogP contribution in [0.4, 0.5) is 0 Å². The Hall–Kier alpha value is -2.67. The topological polar surface area (TPSA) is 85.4 Å². The molecule has 1 saturated heterocycles. The van der Waals surface area contributed by atoms with Crippen molar-refractivity contribution in [2.24, 2.45) is 0 Å². The lowest BCUT2D eigenvalue weighted by Crippen LogP contribution is -2.24. The minimum Gasteiger partial charge on any atom is -0.462 e. The van der Waals surface area contributed by atoms with Crippen molar-refractivity contribution in [2.75, 3.05) is 6.61 Å². The molecule has 6 nitrogen and oxygen atoms in total. The summed E-state index contributed by atoms with van der Waals surface area (Å²) in [6.07, 6.45) is 3.42. The molecule has 7 heteroatoms. The first kappa shape index (κ1) is 15.2. The van der Waals surface area contributed by atoms with E-state index in [9.17, 15) is 13.2 Å². The predicted molar refractivity (Wildman–Crippen MR) is 83.5 cm³/mol. The van der Waals surface area contributed by atoms with Crippen LogP contribution >= 0.6 is 0 Å². The standard InChI is InChI=1S/C16H14N2O4S/c19-16-14(8-10-22-16)15(12-5-4-9-17-11-12)18-23(20,21)13-6-2-1-3-7-13/h1-7,9,11,18H,8,10H2. The third-order valence-electron chi connectivity index (χ3n) is 3.37. The maximum absolute atomic E-state index is 12.6. The van der Waals surface area contributed by atoms with Crippen molar-refractivity contribution in [3.8, 4) is 0 Å². The number of nitrogens with one attached hydrogen (secondary N) is 1. The van der Waals surface area contributed by atoms with Gasteiger partial charge in [-0.25, -0.2) is 13.2 Å². The largest absolute Gasteiger partial charge is 0.462 e. The van der Waals surface area contributed by atoms with Crippen LogP contribution in [0.15, 0.2) is 65.3 Å². The van der Waals surface area contributed by atoms with Crippen molar-refractivity contribution in [3.05, 3.63) is 66.0 Å². The highest BCUT2D eigenvalue weighted by atomic mass is 32.2. The van der Waals surface area contributed by atoms with Crippen molar-refractivity contribution in [3.63, 3.8) is 0 Å². The molecule has 0 saturated carbocycles. The van der Waals surface area contributed by atoms with Gasteiger partial charge in [0.25, 0.3) is 10.0 Å². The number of nitrogens with zero attached hydrogens (tertiary/aromatic N) is 1. The number of rotatable bonds is 4. The number of cyclic esters (lactones) is 1. The Morgan fingerprint density at radius 1 is 1.13 bits per heavy atom. The molecule has 0 radical (unpaired) electrons. The molecule has 1 aliphatic rings. The van der Waals surface area contributed by atoms with Gasteiger partial charge in [-0.1, -0.05) is 18.2 Å². The Bertz CT molecular complexity index is 846. The van der Waals surface area contributed by atoms with Gasteiger partial charge in [0.1, 0.15) is 0 Å². The Morgan fingerprint density at radius 2 is 1.91 bits per heavy atom. The highest BCUT2D eigenvalue weighted by Gasteiger charge is 2.27. The highest BCUT2D eigenvalue weighted by Crippen LogP contribution is 2.25. The first-order valence-electron chi connectivity index (χ1n) is 6.96. The van der Waals surface area contributed by atoms with Gasteiger partial charge in [0.2, 0.25) is 0 Å². The number of benzene rings is 1. The SMILES string of the molecule is O=C1OCCC1=C(NS(=O)(=O)c1ccccc1)c1cccnc1. The first-order chi connectivity index (χ1) is 11.1. The van der Waals surface area contributed by atoms with Crippen LogP contribution < -0.4 is 4.72 Å². The summed E-state index contributed by atoms with van der Waals surface area (Å²) in [7, 11) is -3.81. The van der Waals surface area contributed by atoms with Crippen molar-refractivity contribution in [1.82, 2.24) is 9.71 Å². The number of carbonyl (C=O) groups is 1. The van der Waals surface area contributed by atoms with Crippen molar-refractivity contribution >= 4 is 21.7 Å². The fourth-order valence-corrected chi connectivity index (χ4v) is 3.40. The van der Waals surface area contributed by atoms with E-state index in [2.05, 4.69) is 9.71 Å². The molecule has 0 aliphatic carbocycles. The second-order valence-electron chi connectivity index (χ2n) is 4.90. The summed E-state index contributed by atoms with van der Waals surface area (Å²) in [5, 5.41) is 0. The molecule has 0 amide bonds. The van der Waals surface area contributed by atoms with E-state index in [4.69, 9.17) is 4.74 Å². The summed E-state index contributed by atoms with van der Waals surface area (Å²) >= 11 is 0. The van der Waals surface area contributed by atoms with Crippen LogP contribution in [-0.4, -0.2) is 26.0 Å². The van der Waals surface area contributed by atoms with Gasteiger partial charge >= 0.3 is 5.97 Å². The van der Waals surface area contributed by atoms with Gasteiger partial charge in [0.15, 0.2) is 0 Å². The summed E-state index contributed by atoms with van der Waals surface area (Å²) in [6.45, 7) is 0.241. The van der Waals surface area contributed by atoms with Gasteiger partial charge in [-0.3, -0.25) is 9.71 Å². The van der Waals surface area contributed by atoms with Gasteiger partial charge in [0, 0.05) is 24.4 Å². The molecule has 0 bridgehead atoms. The van der Waals surface area contributed by atoms with Crippen LogP contribution in [0.25, 0.3) is 5.70 Å². The quantitative estimate of drug-likeness (QED) is 0.681. The molecule has 1 aromatic carbocycles. The Balaban J connectivity index is 2.06. The normalized spacial score (nSPS) is 16.8. The van der Waals surface area contributed by atoms with Crippen molar-refractivity contribution in [2.45, 2.75) is 11.3 Å². The molecule has 1 aromatic heterocycles. The number of esters is 1. The Kier molecular flexibility index (Phi) is 4.12. The second kappa shape index (κ2) is 6.21. The summed E-state index contributed by atoms with van der Waals surface area (Å²) in [6, 6.07) is 11.3. The minimum atomic E-state index is -3.81. The number of aromatic nitrogens is 1. The molecule has 1 aliphatic heterocycles. The van der Waals surface area contributed by atoms with Crippen LogP contribution in [0.5, 0.6) is 0 Å². The Labute approximate surface area is 133 Å². The van der Waals surface area contributed by atoms with E-state index in [-0.39, 0.29) is 17.2 Å². The molecule has 0 atom stereocenters. The van der Waals surface area contributed by atoms with Gasteiger partial charge < -0.3 is 4.74 Å². The monoisotopic (exact) mass is 330 g/mol. The van der Waals surface area contributed by atoms with Gasteiger partial charge in [-0.15, -0.1) is 0 Å². The zero-order valence-corrected chi connectivity index (χ0v) is 12.9. The molecule has 3 rings (SSSR count). The number of ether oxygens (including phenoxy) is 1. The van der Waals surface area contributed by atoms with Gasteiger partial charge in [-0.05, 0) is 24.3 Å². The number of pyridine rings is 1. The Morgan fingerprint density at radius 3 is 2.52 bits per heavy atom. The molecule has 0 spiro atoms. The second-order valence-corrected chi connectivity index (χ2v) is 6.58. The van der Waals surface area contributed by atoms with Crippen LogP contribution in [0, 0.1) is 0 Å². The fraction of sp³-hybridized carbons (Fsp3) is 0.125. The van der Waals surface area contributed by atoms with E-state index in [1.54, 1.807) is 36.5 Å². The van der Waals surface area contributed by atoms with E-state index in [0.717, 1.165) is 0 Å². The van der Waals surface area contributed by atoms with Gasteiger partial charge in [0.05, 0.1) is 22.8 Å². The highest BCUT2D eigenvalue weighted by molar-refractivity contribution is 7.89. The number of carbonyl (C=O) groups excluding carboxylic acids is 1. The average Bonchev–Trinajstić information content (AvgIpc) is 3.00. The summed E-state index contributed by atoms with van der Waals surface area (Å²) in [5.74, 6) is -0.514. The molecule has 23 heavy (non-hydrogen) atoms. The summed E-state index contributed by atoms with van der Waals surface area (Å²) in [5.41, 5.74) is 1.03. The van der Waals surface area contributed by atoms with Crippen molar-refractivity contribution in [1.29, 1.82) is 0 Å². The van der Waals surface area contributed by atoms with Crippen LogP contribution in [0.1, 0.15) is 12.0 Å². The molecule has 2 heterocycles. The number of sulfonamides is 1. The fourth-order valence-electron chi connectivity index (χ4n) is 2.26. The third kappa shape index (κ3) is 3.24. The molecular formula is C16H14N2O4S. The predicted octanol–water partition coefficient (Wildman–Crippen LogP) is 1.72. The maximum atomic E-state index is 12.6. The average molecular weight is 330 g/mol. The van der Waals surface area contributed by atoms with E-state index in [0.29, 0.717) is 17.6 Å². The smallest absolute Gasteiger partial charge is 0.336 e. The number of hydrogen-bond donors (Lipinski definition) is 1. The zero-order valence-electron chi connectivity index (χ0n) is 12.1. The molecule has 1 fully saturated rings. The maximum Gasteiger partial charge on any atom is 0.336 e. The number of hydrogen-bond acceptors (Lipinski definition) is 5. The summed E-state index contributed by atoms with van der Waals surface area (Å²) < 4.78 is 32.6.